The van der Waals surface area contributed by atoms with Gasteiger partial charge in [-0.1, -0.05) is 6.07 Å². The van der Waals surface area contributed by atoms with Crippen LogP contribution in [0.2, 0.25) is 0 Å². The number of aromatic nitrogens is 1. The Bertz CT molecular complexity index is 478. The summed E-state index contributed by atoms with van der Waals surface area (Å²) in [4.78, 5) is 4.01. The van der Waals surface area contributed by atoms with Crippen molar-refractivity contribution < 1.29 is 13.2 Å². The van der Waals surface area contributed by atoms with Crippen molar-refractivity contribution in [3.63, 3.8) is 0 Å². The molecule has 6 nitrogen and oxygen atoms in total. The lowest BCUT2D eigenvalue weighted by molar-refractivity contribution is 0.0730. The number of hydrogen-bond donors (Lipinski definition) is 1. The van der Waals surface area contributed by atoms with Gasteiger partial charge in [-0.25, -0.2) is 8.42 Å². The lowest BCUT2D eigenvalue weighted by Crippen LogP contribution is -2.43. The molecule has 0 unspecified atom stereocenters. The lowest BCUT2D eigenvalue weighted by atomic mass is 10.3. The van der Waals surface area contributed by atoms with Gasteiger partial charge in [0.15, 0.2) is 0 Å². The van der Waals surface area contributed by atoms with Crippen LogP contribution in [0.15, 0.2) is 24.5 Å². The van der Waals surface area contributed by atoms with Crippen LogP contribution < -0.4 is 5.32 Å². The molecule has 20 heavy (non-hydrogen) atoms. The van der Waals surface area contributed by atoms with E-state index < -0.39 is 10.0 Å². The molecule has 114 valence electrons. The van der Waals surface area contributed by atoms with Crippen molar-refractivity contribution >= 4 is 22.4 Å². The molecular weight excluding hydrogens is 302 g/mol. The normalized spacial score (nSPS) is 16.6. The highest BCUT2D eigenvalue weighted by Crippen LogP contribution is 2.05. The van der Waals surface area contributed by atoms with Gasteiger partial charge in [-0.15, -0.1) is 12.4 Å². The molecule has 1 aromatic rings. The van der Waals surface area contributed by atoms with Crippen LogP contribution in [-0.2, 0) is 21.3 Å². The second-order valence-electron chi connectivity index (χ2n) is 4.37. The SMILES string of the molecule is Cl.O=S(=O)(CCNCc1cccnc1)N1CCOCC1. The van der Waals surface area contributed by atoms with Crippen molar-refractivity contribution in [1.82, 2.24) is 14.6 Å². The van der Waals surface area contributed by atoms with Crippen molar-refractivity contribution in [2.75, 3.05) is 38.6 Å². The number of rotatable bonds is 6. The molecule has 0 bridgehead atoms. The zero-order valence-corrected chi connectivity index (χ0v) is 12.8. The quantitative estimate of drug-likeness (QED) is 0.761. The van der Waals surface area contributed by atoms with E-state index in [0.717, 1.165) is 5.56 Å². The molecule has 0 spiro atoms. The summed E-state index contributed by atoms with van der Waals surface area (Å²) in [6.45, 7) is 2.97. The Morgan fingerprint density at radius 1 is 1.35 bits per heavy atom. The number of nitrogens with one attached hydrogen (secondary N) is 1. The second-order valence-corrected chi connectivity index (χ2v) is 6.45. The molecule has 1 fully saturated rings. The summed E-state index contributed by atoms with van der Waals surface area (Å²) in [6, 6.07) is 3.82. The van der Waals surface area contributed by atoms with Gasteiger partial charge in [0.2, 0.25) is 10.0 Å². The van der Waals surface area contributed by atoms with E-state index in [-0.39, 0.29) is 18.2 Å². The molecule has 0 atom stereocenters. The number of pyridine rings is 1. The predicted octanol–water partition coefficient (Wildman–Crippen LogP) is 0.255. The van der Waals surface area contributed by atoms with Gasteiger partial charge in [0.05, 0.1) is 19.0 Å². The summed E-state index contributed by atoms with van der Waals surface area (Å²) >= 11 is 0. The Kier molecular flexibility index (Phi) is 7.39. The Morgan fingerprint density at radius 3 is 2.75 bits per heavy atom. The van der Waals surface area contributed by atoms with Crippen molar-refractivity contribution in [1.29, 1.82) is 0 Å². The van der Waals surface area contributed by atoms with Crippen molar-refractivity contribution in [3.05, 3.63) is 30.1 Å². The van der Waals surface area contributed by atoms with Gasteiger partial charge in [-0.3, -0.25) is 4.98 Å². The van der Waals surface area contributed by atoms with E-state index in [1.165, 1.54) is 4.31 Å². The molecule has 0 saturated carbocycles. The minimum absolute atomic E-state index is 0. The molecule has 8 heteroatoms. The molecule has 0 aromatic carbocycles. The maximum Gasteiger partial charge on any atom is 0.215 e. The number of halogens is 1. The largest absolute Gasteiger partial charge is 0.379 e. The van der Waals surface area contributed by atoms with Crippen LogP contribution >= 0.6 is 12.4 Å². The number of morpholine rings is 1. The lowest BCUT2D eigenvalue weighted by Gasteiger charge is -2.26. The van der Waals surface area contributed by atoms with Crippen LogP contribution in [0.25, 0.3) is 0 Å². The van der Waals surface area contributed by atoms with Gasteiger partial charge in [-0.05, 0) is 11.6 Å². The first-order chi connectivity index (χ1) is 9.18. The summed E-state index contributed by atoms with van der Waals surface area (Å²) < 4.78 is 30.7. The van der Waals surface area contributed by atoms with Gasteiger partial charge >= 0.3 is 0 Å². The molecule has 0 radical (unpaired) electrons. The number of ether oxygens (including phenoxy) is 1. The number of nitrogens with zero attached hydrogens (tertiary/aromatic N) is 2. The fourth-order valence-electron chi connectivity index (χ4n) is 1.89. The van der Waals surface area contributed by atoms with Gasteiger partial charge in [0.1, 0.15) is 0 Å². The van der Waals surface area contributed by atoms with Gasteiger partial charge in [0.25, 0.3) is 0 Å². The van der Waals surface area contributed by atoms with E-state index >= 15 is 0 Å². The molecule has 1 saturated heterocycles. The predicted molar refractivity (Wildman–Crippen MR) is 79.4 cm³/mol. The fraction of sp³-hybridized carbons (Fsp3) is 0.583. The zero-order chi connectivity index (χ0) is 13.6. The highest BCUT2D eigenvalue weighted by atomic mass is 35.5. The average Bonchev–Trinajstić information content (AvgIpc) is 2.46. The number of hydrogen-bond acceptors (Lipinski definition) is 5. The van der Waals surface area contributed by atoms with Crippen LogP contribution in [0.3, 0.4) is 0 Å². The average molecular weight is 322 g/mol. The molecule has 2 rings (SSSR count). The van der Waals surface area contributed by atoms with E-state index in [0.29, 0.717) is 39.4 Å². The summed E-state index contributed by atoms with van der Waals surface area (Å²) in [6.07, 6.45) is 3.48. The monoisotopic (exact) mass is 321 g/mol. The van der Waals surface area contributed by atoms with Crippen LogP contribution in [0, 0.1) is 0 Å². The smallest absolute Gasteiger partial charge is 0.215 e. The Labute approximate surface area is 126 Å². The molecule has 1 aliphatic rings. The highest BCUT2D eigenvalue weighted by molar-refractivity contribution is 7.89. The first-order valence-corrected chi connectivity index (χ1v) is 7.94. The van der Waals surface area contributed by atoms with Crippen molar-refractivity contribution in [2.45, 2.75) is 6.54 Å². The summed E-state index contributed by atoms with van der Waals surface area (Å²) in [5.74, 6) is 0.118. The van der Waals surface area contributed by atoms with E-state index in [9.17, 15) is 8.42 Å². The van der Waals surface area contributed by atoms with Crippen molar-refractivity contribution in [2.24, 2.45) is 0 Å². The van der Waals surface area contributed by atoms with Crippen LogP contribution in [0.4, 0.5) is 0 Å². The standard InChI is InChI=1S/C12H19N3O3S.ClH/c16-19(17,15-5-7-18-8-6-15)9-4-14-11-12-2-1-3-13-10-12;/h1-3,10,14H,4-9,11H2;1H. The minimum Gasteiger partial charge on any atom is -0.379 e. The van der Waals surface area contributed by atoms with E-state index in [2.05, 4.69) is 10.3 Å². The van der Waals surface area contributed by atoms with Crippen molar-refractivity contribution in [3.8, 4) is 0 Å². The molecule has 2 heterocycles. The van der Waals surface area contributed by atoms with Gasteiger partial charge in [-0.2, -0.15) is 4.31 Å². The van der Waals surface area contributed by atoms with E-state index in [4.69, 9.17) is 4.74 Å². The fourth-order valence-corrected chi connectivity index (χ4v) is 3.26. The minimum atomic E-state index is -3.16. The topological polar surface area (TPSA) is 71.5 Å². The Morgan fingerprint density at radius 2 is 2.10 bits per heavy atom. The Balaban J connectivity index is 0.00000200. The van der Waals surface area contributed by atoms with E-state index in [1.54, 1.807) is 12.4 Å². The first kappa shape index (κ1) is 17.3. The Hall–Kier alpha value is -0.730. The zero-order valence-electron chi connectivity index (χ0n) is 11.2. The van der Waals surface area contributed by atoms with Gasteiger partial charge in [0, 0.05) is 38.6 Å². The second kappa shape index (κ2) is 8.53. The molecule has 0 aliphatic carbocycles. The van der Waals surface area contributed by atoms with Crippen LogP contribution in [0.5, 0.6) is 0 Å². The summed E-state index contributed by atoms with van der Waals surface area (Å²) in [7, 11) is -3.16. The molecule has 0 amide bonds. The number of sulfonamides is 1. The molecule has 1 aliphatic heterocycles. The van der Waals surface area contributed by atoms with E-state index in [1.807, 2.05) is 12.1 Å². The highest BCUT2D eigenvalue weighted by Gasteiger charge is 2.23. The molecule has 1 N–H and O–H groups in total. The summed E-state index contributed by atoms with van der Waals surface area (Å²) in [5.41, 5.74) is 1.05. The molecular formula is C12H20ClN3O3S. The first-order valence-electron chi connectivity index (χ1n) is 6.34. The molecule has 1 aromatic heterocycles. The summed E-state index contributed by atoms with van der Waals surface area (Å²) in [5, 5.41) is 3.12. The maximum atomic E-state index is 12.0. The van der Waals surface area contributed by atoms with Crippen LogP contribution in [0.1, 0.15) is 5.56 Å². The van der Waals surface area contributed by atoms with Crippen LogP contribution in [-0.4, -0.2) is 56.3 Å². The third-order valence-electron chi connectivity index (χ3n) is 2.95. The third kappa shape index (κ3) is 5.34. The third-order valence-corrected chi connectivity index (χ3v) is 4.82. The maximum absolute atomic E-state index is 12.0. The van der Waals surface area contributed by atoms with Gasteiger partial charge < -0.3 is 10.1 Å².